The average molecular weight is 297 g/mol. The summed E-state index contributed by atoms with van der Waals surface area (Å²) in [5, 5.41) is 0. The highest BCUT2D eigenvalue weighted by Crippen LogP contribution is 2.55. The molecule has 0 heterocycles. The third-order valence-corrected chi connectivity index (χ3v) is 5.43. The van der Waals surface area contributed by atoms with Gasteiger partial charge in [0.05, 0.1) is 6.10 Å². The molecule has 2 fully saturated rings. The average Bonchev–Trinajstić information content (AvgIpc) is 2.51. The molecule has 94 valence electrons. The van der Waals surface area contributed by atoms with Crippen molar-refractivity contribution in [3.05, 3.63) is 0 Å². The van der Waals surface area contributed by atoms with E-state index in [4.69, 9.17) is 4.74 Å². The van der Waals surface area contributed by atoms with E-state index in [9.17, 15) is 8.78 Å². The minimum Gasteiger partial charge on any atom is -0.372 e. The van der Waals surface area contributed by atoms with Gasteiger partial charge in [0.25, 0.3) is 6.43 Å². The maximum absolute atomic E-state index is 12.2. The first-order chi connectivity index (χ1) is 7.65. The third-order valence-electron chi connectivity index (χ3n) is 4.14. The predicted molar refractivity (Wildman–Crippen MR) is 63.2 cm³/mol. The Kier molecular flexibility index (Phi) is 4.22. The lowest BCUT2D eigenvalue weighted by molar-refractivity contribution is -0.134. The molecule has 0 aliphatic heterocycles. The van der Waals surface area contributed by atoms with Crippen molar-refractivity contribution in [1.82, 2.24) is 0 Å². The monoisotopic (exact) mass is 296 g/mol. The normalized spacial score (nSPS) is 33.8. The lowest BCUT2D eigenvalue weighted by Crippen LogP contribution is -2.55. The number of ether oxygens (including phenoxy) is 1. The fourth-order valence-electron chi connectivity index (χ4n) is 3.14. The third kappa shape index (κ3) is 2.42. The molecule has 0 bridgehead atoms. The van der Waals surface area contributed by atoms with E-state index in [1.807, 2.05) is 0 Å². The summed E-state index contributed by atoms with van der Waals surface area (Å²) < 4.78 is 29.7. The second-order valence-electron chi connectivity index (χ2n) is 5.06. The van der Waals surface area contributed by atoms with E-state index in [1.165, 1.54) is 25.7 Å². The highest BCUT2D eigenvalue weighted by Gasteiger charge is 2.54. The van der Waals surface area contributed by atoms with Gasteiger partial charge in [0.1, 0.15) is 6.61 Å². The van der Waals surface area contributed by atoms with Gasteiger partial charge >= 0.3 is 0 Å². The summed E-state index contributed by atoms with van der Waals surface area (Å²) in [7, 11) is 0. The Bertz CT molecular complexity index is 227. The molecule has 2 saturated carbocycles. The van der Waals surface area contributed by atoms with Crippen molar-refractivity contribution in [2.75, 3.05) is 6.61 Å². The van der Waals surface area contributed by atoms with E-state index < -0.39 is 13.0 Å². The first-order valence-corrected chi connectivity index (χ1v) is 7.10. The van der Waals surface area contributed by atoms with Crippen LogP contribution in [0.5, 0.6) is 0 Å². The summed E-state index contributed by atoms with van der Waals surface area (Å²) in [5.41, 5.74) is 0.158. The van der Waals surface area contributed by atoms with E-state index in [0.29, 0.717) is 4.83 Å². The Balaban J connectivity index is 1.93. The molecule has 1 spiro atoms. The molecule has 1 nitrogen and oxygen atoms in total. The summed E-state index contributed by atoms with van der Waals surface area (Å²) in [6.07, 6.45) is 5.89. The summed E-state index contributed by atoms with van der Waals surface area (Å²) >= 11 is 3.69. The van der Waals surface area contributed by atoms with Gasteiger partial charge < -0.3 is 4.74 Å². The molecule has 2 atom stereocenters. The topological polar surface area (TPSA) is 9.23 Å². The first-order valence-electron chi connectivity index (χ1n) is 6.19. The number of rotatable bonds is 3. The van der Waals surface area contributed by atoms with Gasteiger partial charge in [0.15, 0.2) is 0 Å². The fourth-order valence-corrected chi connectivity index (χ4v) is 4.24. The van der Waals surface area contributed by atoms with Crippen molar-refractivity contribution < 1.29 is 13.5 Å². The lowest BCUT2D eigenvalue weighted by Gasteiger charge is -2.53. The summed E-state index contributed by atoms with van der Waals surface area (Å²) in [4.78, 5) is 0.473. The Morgan fingerprint density at radius 2 is 1.81 bits per heavy atom. The molecule has 2 aliphatic carbocycles. The molecule has 0 N–H and O–H groups in total. The van der Waals surface area contributed by atoms with Crippen molar-refractivity contribution in [3.8, 4) is 0 Å². The Hall–Kier alpha value is 0.300. The van der Waals surface area contributed by atoms with Crippen molar-refractivity contribution in [2.45, 2.75) is 62.3 Å². The van der Waals surface area contributed by atoms with Gasteiger partial charge in [0.2, 0.25) is 0 Å². The standard InChI is InChI=1S/C12H19BrF2O/c13-9-7-10(16-8-11(14)15)12(9)5-3-1-2-4-6-12/h9-11H,1-8H2. The number of alkyl halides is 3. The summed E-state index contributed by atoms with van der Waals surface area (Å²) in [6.45, 7) is -0.397. The van der Waals surface area contributed by atoms with Crippen molar-refractivity contribution in [1.29, 1.82) is 0 Å². The van der Waals surface area contributed by atoms with Crippen LogP contribution in [0.3, 0.4) is 0 Å². The van der Waals surface area contributed by atoms with E-state index in [-0.39, 0.29) is 11.5 Å². The van der Waals surface area contributed by atoms with Gasteiger partial charge in [-0.3, -0.25) is 0 Å². The molecule has 4 heteroatoms. The van der Waals surface area contributed by atoms with Crippen LogP contribution in [-0.4, -0.2) is 24.0 Å². The van der Waals surface area contributed by atoms with Crippen molar-refractivity contribution in [2.24, 2.45) is 5.41 Å². The van der Waals surface area contributed by atoms with Crippen LogP contribution in [0.2, 0.25) is 0 Å². The summed E-state index contributed by atoms with van der Waals surface area (Å²) in [5.74, 6) is 0. The van der Waals surface area contributed by atoms with Gasteiger partial charge in [-0.25, -0.2) is 8.78 Å². The van der Waals surface area contributed by atoms with Crippen molar-refractivity contribution >= 4 is 15.9 Å². The molecule has 2 rings (SSSR count). The summed E-state index contributed by atoms with van der Waals surface area (Å²) in [6, 6.07) is 0. The van der Waals surface area contributed by atoms with Gasteiger partial charge in [-0.1, -0.05) is 41.6 Å². The SMILES string of the molecule is FC(F)COC1CC(Br)C12CCCCCC2. The van der Waals surface area contributed by atoms with Crippen LogP contribution in [0, 0.1) is 5.41 Å². The van der Waals surface area contributed by atoms with Gasteiger partial charge in [0, 0.05) is 10.2 Å². The highest BCUT2D eigenvalue weighted by atomic mass is 79.9. The highest BCUT2D eigenvalue weighted by molar-refractivity contribution is 9.09. The molecule has 0 amide bonds. The molecule has 0 radical (unpaired) electrons. The Morgan fingerprint density at radius 1 is 1.19 bits per heavy atom. The zero-order valence-corrected chi connectivity index (χ0v) is 11.0. The van der Waals surface area contributed by atoms with Crippen LogP contribution in [0.4, 0.5) is 8.78 Å². The first kappa shape index (κ1) is 12.7. The minimum atomic E-state index is -2.34. The molecule has 16 heavy (non-hydrogen) atoms. The predicted octanol–water partition coefficient (Wildman–Crippen LogP) is 4.14. The molecule has 2 aliphatic rings. The molecule has 0 saturated heterocycles. The van der Waals surface area contributed by atoms with Crippen LogP contribution in [0.15, 0.2) is 0 Å². The Labute approximate surface area is 104 Å². The number of hydrogen-bond donors (Lipinski definition) is 0. The maximum Gasteiger partial charge on any atom is 0.261 e. The van der Waals surface area contributed by atoms with Crippen LogP contribution in [-0.2, 0) is 4.74 Å². The van der Waals surface area contributed by atoms with E-state index in [0.717, 1.165) is 19.3 Å². The molecular weight excluding hydrogens is 278 g/mol. The van der Waals surface area contributed by atoms with Gasteiger partial charge in [-0.2, -0.15) is 0 Å². The van der Waals surface area contributed by atoms with Crippen LogP contribution < -0.4 is 0 Å². The van der Waals surface area contributed by atoms with Crippen molar-refractivity contribution in [3.63, 3.8) is 0 Å². The van der Waals surface area contributed by atoms with Crippen LogP contribution >= 0.6 is 15.9 Å². The number of halogens is 3. The van der Waals surface area contributed by atoms with E-state index in [1.54, 1.807) is 0 Å². The van der Waals surface area contributed by atoms with Crippen LogP contribution in [0.25, 0.3) is 0 Å². The smallest absolute Gasteiger partial charge is 0.261 e. The van der Waals surface area contributed by atoms with Gasteiger partial charge in [-0.15, -0.1) is 0 Å². The second-order valence-corrected chi connectivity index (χ2v) is 6.17. The lowest BCUT2D eigenvalue weighted by atomic mass is 9.61. The quantitative estimate of drug-likeness (QED) is 0.711. The zero-order valence-electron chi connectivity index (χ0n) is 9.43. The molecule has 0 aromatic heterocycles. The minimum absolute atomic E-state index is 0.0592. The zero-order chi connectivity index (χ0) is 11.6. The van der Waals surface area contributed by atoms with E-state index >= 15 is 0 Å². The maximum atomic E-state index is 12.2. The molecule has 0 aromatic carbocycles. The molecule has 0 aromatic rings. The van der Waals surface area contributed by atoms with Crippen LogP contribution in [0.1, 0.15) is 44.9 Å². The largest absolute Gasteiger partial charge is 0.372 e. The second kappa shape index (κ2) is 5.30. The number of hydrogen-bond acceptors (Lipinski definition) is 1. The molecule has 2 unspecified atom stereocenters. The van der Waals surface area contributed by atoms with E-state index in [2.05, 4.69) is 15.9 Å². The fraction of sp³-hybridized carbons (Fsp3) is 1.00. The molecular formula is C12H19BrF2O. The van der Waals surface area contributed by atoms with Gasteiger partial charge in [-0.05, 0) is 19.3 Å². The Morgan fingerprint density at radius 3 is 2.31 bits per heavy atom.